The van der Waals surface area contributed by atoms with Gasteiger partial charge in [-0.15, -0.1) is 0 Å². The Morgan fingerprint density at radius 1 is 1.11 bits per heavy atom. The highest BCUT2D eigenvalue weighted by Gasteiger charge is 2.50. The van der Waals surface area contributed by atoms with Crippen LogP contribution in [0.1, 0.15) is 39.8 Å². The molecule has 2 aromatic heterocycles. The highest BCUT2D eigenvalue weighted by molar-refractivity contribution is 8.13. The molecule has 0 radical (unpaired) electrons. The number of aliphatic hydroxyl groups excluding tert-OH is 2. The van der Waals surface area contributed by atoms with E-state index in [9.17, 15) is 62.7 Å². The van der Waals surface area contributed by atoms with Crippen molar-refractivity contribution in [2.75, 3.05) is 37.8 Å². The predicted molar refractivity (Wildman–Crippen MR) is 191 cm³/mol. The average molecular weight is 878 g/mol. The molecule has 2 aromatic rings. The van der Waals surface area contributed by atoms with Crippen LogP contribution in [0.4, 0.5) is 5.82 Å². The fourth-order valence-electron chi connectivity index (χ4n) is 4.79. The van der Waals surface area contributed by atoms with E-state index in [0.29, 0.717) is 0 Å². The van der Waals surface area contributed by atoms with Crippen LogP contribution in [-0.4, -0.2) is 129 Å². The number of thioether (sulfide) groups is 1. The molecular weight excluding hydrogens is 835 g/mol. The predicted octanol–water partition coefficient (Wildman–Crippen LogP) is -0.921. The van der Waals surface area contributed by atoms with Gasteiger partial charge in [0, 0.05) is 43.2 Å². The number of hydrogen-bond acceptors (Lipinski definition) is 19. The number of hydrogen-bond donors (Lipinski definition) is 9. The number of carbonyl (C=O) groups is 3. The van der Waals surface area contributed by atoms with Crippen molar-refractivity contribution in [3.05, 3.63) is 18.7 Å². The highest BCUT2D eigenvalue weighted by atomic mass is 32.2. The van der Waals surface area contributed by atoms with Crippen molar-refractivity contribution in [2.45, 2.75) is 64.3 Å². The third-order valence-electron chi connectivity index (χ3n) is 7.61. The van der Waals surface area contributed by atoms with Crippen molar-refractivity contribution in [3.63, 3.8) is 0 Å². The van der Waals surface area contributed by atoms with Gasteiger partial charge >= 0.3 is 23.5 Å². The molecule has 10 N–H and O–H groups in total. The number of rotatable bonds is 22. The maximum atomic E-state index is 12.7. The minimum Gasteiger partial charge on any atom is -0.386 e. The van der Waals surface area contributed by atoms with Gasteiger partial charge in [0.15, 0.2) is 22.8 Å². The first-order valence-corrected chi connectivity index (χ1v) is 21.7. The molecular formula is C27H42N7O18P3S. The largest absolute Gasteiger partial charge is 0.481 e. The highest BCUT2D eigenvalue weighted by Crippen LogP contribution is 2.61. The number of nitrogens with two attached hydrogens (primary N) is 1. The van der Waals surface area contributed by atoms with Crippen molar-refractivity contribution in [1.82, 2.24) is 30.2 Å². The number of carbonyl (C=O) groups excluding carboxylic acids is 4. The first kappa shape index (κ1) is 47.4. The molecule has 0 bridgehead atoms. The SMILES string of the molecule is CC(C=C=O)CC(=O)SCCNC(=O)CCNC(=O)C(O)C(C)(C)COP(=O)(O)OP(=O)(O)OC[C@H]1O[C@@H](n2cnc3c(N)ncnc32)[C@H](O)[C@@H]1OP(=O)(O)O. The molecule has 8 atom stereocenters. The Labute approximate surface area is 322 Å². The van der Waals surface area contributed by atoms with E-state index in [1.54, 1.807) is 12.9 Å². The lowest BCUT2D eigenvalue weighted by Crippen LogP contribution is -2.46. The second kappa shape index (κ2) is 20.1. The number of phosphoric ester groups is 3. The number of fused-ring (bicyclic) bond motifs is 1. The number of aromatic nitrogens is 4. The molecule has 25 nitrogen and oxygen atoms in total. The van der Waals surface area contributed by atoms with Crippen LogP contribution in [0.5, 0.6) is 0 Å². The zero-order valence-corrected chi connectivity index (χ0v) is 33.3. The number of aliphatic hydroxyl groups is 2. The molecule has 1 fully saturated rings. The molecule has 0 spiro atoms. The summed E-state index contributed by atoms with van der Waals surface area (Å²) in [4.78, 5) is 97.6. The molecule has 0 aromatic carbocycles. The van der Waals surface area contributed by atoms with Gasteiger partial charge in [0.1, 0.15) is 42.2 Å². The molecule has 2 amide bonds. The second-order valence-electron chi connectivity index (χ2n) is 12.8. The Balaban J connectivity index is 1.48. The number of nitrogens with one attached hydrogen (secondary N) is 2. The molecule has 4 unspecified atom stereocenters. The standard InChI is InChI=1S/C27H42N7O18P3S/c1-15(5-8-35)10-18(37)56-9-7-29-17(36)4-6-30-25(40)22(39)27(2,3)12-49-55(46,47)52-54(44,45)48-11-16-21(51-53(41,42)43)20(38)26(50-16)34-14-33-19-23(28)31-13-32-24(19)34/h5,13-16,20-22,26,38-39H,4,6-7,9-12H2,1-3H3,(H,29,36)(H,30,40)(H,44,45)(H,46,47)(H2,28,31,32)(H2,41,42,43)/t15?,16-,20-,21-,22?,26-/m1/s1. The normalized spacial score (nSPS) is 22.0. The fourth-order valence-corrected chi connectivity index (χ4v) is 8.43. The van der Waals surface area contributed by atoms with E-state index in [1.165, 1.54) is 19.9 Å². The Morgan fingerprint density at radius 3 is 2.45 bits per heavy atom. The maximum absolute atomic E-state index is 12.7. The molecule has 3 rings (SSSR count). The lowest BCUT2D eigenvalue weighted by Gasteiger charge is -2.30. The number of nitrogens with zero attached hydrogens (tertiary/aromatic N) is 4. The van der Waals surface area contributed by atoms with Gasteiger partial charge in [-0.05, 0) is 5.92 Å². The van der Waals surface area contributed by atoms with Crippen LogP contribution in [0, 0.1) is 11.3 Å². The summed E-state index contributed by atoms with van der Waals surface area (Å²) in [5.41, 5.74) is 4.22. The zero-order chi connectivity index (χ0) is 42.1. The van der Waals surface area contributed by atoms with E-state index in [-0.39, 0.29) is 59.7 Å². The number of amides is 2. The lowest BCUT2D eigenvalue weighted by molar-refractivity contribution is -0.137. The molecule has 3 heterocycles. The van der Waals surface area contributed by atoms with Gasteiger partial charge in [-0.1, -0.05) is 32.5 Å². The maximum Gasteiger partial charge on any atom is 0.481 e. The summed E-state index contributed by atoms with van der Waals surface area (Å²) in [6.45, 7) is 2.03. The Bertz CT molecular complexity index is 1910. The monoisotopic (exact) mass is 877 g/mol. The van der Waals surface area contributed by atoms with Crippen molar-refractivity contribution in [3.8, 4) is 0 Å². The summed E-state index contributed by atoms with van der Waals surface area (Å²) in [6.07, 6.45) is -5.64. The lowest BCUT2D eigenvalue weighted by atomic mass is 9.87. The van der Waals surface area contributed by atoms with Gasteiger partial charge in [0.05, 0.1) is 19.5 Å². The number of ether oxygens (including phenoxy) is 1. The van der Waals surface area contributed by atoms with Gasteiger partial charge in [-0.25, -0.2) is 33.4 Å². The summed E-state index contributed by atoms with van der Waals surface area (Å²) in [5.74, 6) is 0.0937. The smallest absolute Gasteiger partial charge is 0.386 e. The molecule has 0 aliphatic carbocycles. The van der Waals surface area contributed by atoms with Gasteiger partial charge in [0.2, 0.25) is 11.8 Å². The van der Waals surface area contributed by atoms with Crippen LogP contribution in [-0.2, 0) is 55.5 Å². The van der Waals surface area contributed by atoms with Crippen molar-refractivity contribution < 1.29 is 85.3 Å². The molecule has 1 aliphatic heterocycles. The van der Waals surface area contributed by atoms with Crippen LogP contribution in [0.25, 0.3) is 11.2 Å². The third kappa shape index (κ3) is 14.4. The van der Waals surface area contributed by atoms with E-state index in [0.717, 1.165) is 29.0 Å². The molecule has 29 heteroatoms. The summed E-state index contributed by atoms with van der Waals surface area (Å²) in [7, 11) is -16.4. The van der Waals surface area contributed by atoms with Crippen LogP contribution < -0.4 is 16.4 Å². The quantitative estimate of drug-likeness (QED) is 0.0392. The molecule has 56 heavy (non-hydrogen) atoms. The topological polar surface area (TPSA) is 381 Å². The summed E-state index contributed by atoms with van der Waals surface area (Å²) >= 11 is 0.975. The third-order valence-corrected chi connectivity index (χ3v) is 11.6. The number of allylic oxidation sites excluding steroid dienone is 1. The van der Waals surface area contributed by atoms with E-state index in [1.807, 2.05) is 0 Å². The van der Waals surface area contributed by atoms with E-state index < -0.39 is 84.6 Å². The second-order valence-corrected chi connectivity index (χ2v) is 18.1. The number of phosphoric acid groups is 3. The van der Waals surface area contributed by atoms with Crippen LogP contribution >= 0.6 is 35.2 Å². The Morgan fingerprint density at radius 2 is 1.79 bits per heavy atom. The first-order valence-electron chi connectivity index (χ1n) is 16.2. The van der Waals surface area contributed by atoms with Crippen LogP contribution in [0.15, 0.2) is 18.7 Å². The van der Waals surface area contributed by atoms with Crippen LogP contribution in [0.3, 0.4) is 0 Å². The molecule has 1 saturated heterocycles. The number of imidazole rings is 1. The summed E-state index contributed by atoms with van der Waals surface area (Å²) in [5, 5.41) is 26.1. The Kier molecular flexibility index (Phi) is 17.0. The minimum atomic E-state index is -5.58. The average Bonchev–Trinajstić information content (AvgIpc) is 3.64. The van der Waals surface area contributed by atoms with Crippen molar-refractivity contribution in [1.29, 1.82) is 0 Å². The minimum absolute atomic E-state index is 0.0240. The molecule has 314 valence electrons. The number of anilines is 1. The molecule has 1 aliphatic rings. The van der Waals surface area contributed by atoms with Gasteiger partial charge < -0.3 is 50.9 Å². The first-order chi connectivity index (χ1) is 25.9. The van der Waals surface area contributed by atoms with Gasteiger partial charge in [-0.2, -0.15) is 4.31 Å². The van der Waals surface area contributed by atoms with E-state index >= 15 is 0 Å². The van der Waals surface area contributed by atoms with Gasteiger partial charge in [0.25, 0.3) is 0 Å². The molecule has 0 saturated carbocycles. The summed E-state index contributed by atoms with van der Waals surface area (Å²) < 4.78 is 62.0. The van der Waals surface area contributed by atoms with Crippen molar-refractivity contribution in [2.24, 2.45) is 11.3 Å². The van der Waals surface area contributed by atoms with E-state index in [2.05, 4.69) is 34.4 Å². The van der Waals surface area contributed by atoms with Crippen molar-refractivity contribution >= 4 is 75.1 Å². The Hall–Kier alpha value is -2.99. The van der Waals surface area contributed by atoms with Gasteiger partial charge in [-0.3, -0.25) is 32.5 Å². The number of nitrogen functional groups attached to an aromatic ring is 1. The van der Waals surface area contributed by atoms with E-state index in [4.69, 9.17) is 19.5 Å². The fraction of sp³-hybridized carbons (Fsp3) is 0.630. The summed E-state index contributed by atoms with van der Waals surface area (Å²) in [6, 6.07) is 0. The van der Waals surface area contributed by atoms with Crippen LogP contribution in [0.2, 0.25) is 0 Å². The zero-order valence-electron chi connectivity index (χ0n) is 29.8.